The Labute approximate surface area is 127 Å². The Morgan fingerprint density at radius 1 is 1.11 bits per heavy atom. The zero-order chi connectivity index (χ0) is 14.0. The Morgan fingerprint density at radius 2 is 1.74 bits per heavy atom. The van der Waals surface area contributed by atoms with Crippen molar-refractivity contribution in [1.82, 2.24) is 0 Å². The molecule has 0 saturated heterocycles. The van der Waals surface area contributed by atoms with Gasteiger partial charge in [-0.1, -0.05) is 39.1 Å². The van der Waals surface area contributed by atoms with Crippen LogP contribution < -0.4 is 5.32 Å². The van der Waals surface area contributed by atoms with E-state index < -0.39 is 11.7 Å². The normalized spacial score (nSPS) is 10.3. The van der Waals surface area contributed by atoms with Gasteiger partial charge in [0.25, 0.3) is 5.91 Å². The highest BCUT2D eigenvalue weighted by Crippen LogP contribution is 2.25. The molecule has 2 aromatic rings. The van der Waals surface area contributed by atoms with E-state index in [1.807, 2.05) is 0 Å². The van der Waals surface area contributed by atoms with Crippen LogP contribution in [0.1, 0.15) is 10.4 Å². The van der Waals surface area contributed by atoms with E-state index >= 15 is 0 Å². The van der Waals surface area contributed by atoms with Crippen LogP contribution in [-0.4, -0.2) is 5.91 Å². The molecule has 0 aromatic heterocycles. The number of halogens is 4. The van der Waals surface area contributed by atoms with Crippen molar-refractivity contribution in [3.05, 3.63) is 62.3 Å². The summed E-state index contributed by atoms with van der Waals surface area (Å²) in [7, 11) is 0. The molecule has 19 heavy (non-hydrogen) atoms. The summed E-state index contributed by atoms with van der Waals surface area (Å²) in [6, 6.07) is 9.19. The summed E-state index contributed by atoms with van der Waals surface area (Å²) >= 11 is 14.7. The highest BCUT2D eigenvalue weighted by atomic mass is 79.9. The van der Waals surface area contributed by atoms with Crippen molar-refractivity contribution in [1.29, 1.82) is 0 Å². The lowest BCUT2D eigenvalue weighted by molar-refractivity contribution is 0.102. The molecular formula is C13H7BrCl2FNO. The van der Waals surface area contributed by atoms with E-state index in [0.717, 1.165) is 10.5 Å². The van der Waals surface area contributed by atoms with Crippen LogP contribution >= 0.6 is 39.1 Å². The summed E-state index contributed by atoms with van der Waals surface area (Å²) in [6.45, 7) is 0. The average Bonchev–Trinajstić information content (AvgIpc) is 2.36. The van der Waals surface area contributed by atoms with Crippen molar-refractivity contribution in [2.24, 2.45) is 0 Å². The maximum absolute atomic E-state index is 13.3. The molecule has 0 saturated carbocycles. The molecule has 0 bridgehead atoms. The molecule has 0 unspecified atom stereocenters. The van der Waals surface area contributed by atoms with Crippen LogP contribution in [0.2, 0.25) is 10.0 Å². The van der Waals surface area contributed by atoms with Gasteiger partial charge in [0.1, 0.15) is 5.82 Å². The van der Waals surface area contributed by atoms with E-state index in [4.69, 9.17) is 23.2 Å². The summed E-state index contributed by atoms with van der Waals surface area (Å²) in [5, 5.41) is 2.60. The van der Waals surface area contributed by atoms with Crippen LogP contribution in [-0.2, 0) is 0 Å². The topological polar surface area (TPSA) is 29.1 Å². The van der Waals surface area contributed by atoms with Gasteiger partial charge in [-0.2, -0.15) is 0 Å². The third kappa shape index (κ3) is 3.47. The lowest BCUT2D eigenvalue weighted by atomic mass is 10.2. The second-order valence-corrected chi connectivity index (χ2v) is 5.44. The summed E-state index contributed by atoms with van der Waals surface area (Å²) < 4.78 is 14.2. The third-order valence-corrected chi connectivity index (χ3v) is 3.49. The minimum Gasteiger partial charge on any atom is -0.322 e. The molecule has 0 radical (unpaired) electrons. The number of benzene rings is 2. The second kappa shape index (κ2) is 5.90. The van der Waals surface area contributed by atoms with E-state index in [2.05, 4.69) is 21.2 Å². The van der Waals surface area contributed by atoms with Gasteiger partial charge in [0.2, 0.25) is 0 Å². The summed E-state index contributed by atoms with van der Waals surface area (Å²) in [4.78, 5) is 12.0. The van der Waals surface area contributed by atoms with E-state index in [9.17, 15) is 9.18 Å². The summed E-state index contributed by atoms with van der Waals surface area (Å²) in [5.74, 6) is -1.19. The standard InChI is InChI=1S/C13H7BrCl2FNO/c14-7-1-3-8(4-2-7)18-13(19)9-5-12(17)11(16)6-10(9)15/h1-6H,(H,18,19). The summed E-state index contributed by atoms with van der Waals surface area (Å²) in [5.41, 5.74) is 0.617. The van der Waals surface area contributed by atoms with Gasteiger partial charge in [-0.3, -0.25) is 4.79 Å². The number of hydrogen-bond donors (Lipinski definition) is 1. The Bertz CT molecular complexity index is 631. The zero-order valence-corrected chi connectivity index (χ0v) is 12.5. The highest BCUT2D eigenvalue weighted by Gasteiger charge is 2.14. The molecule has 0 fully saturated rings. The SMILES string of the molecule is O=C(Nc1ccc(Br)cc1)c1cc(F)c(Cl)cc1Cl. The molecule has 98 valence electrons. The fourth-order valence-electron chi connectivity index (χ4n) is 1.43. The summed E-state index contributed by atoms with van der Waals surface area (Å²) in [6.07, 6.45) is 0. The van der Waals surface area contributed by atoms with Crippen LogP contribution in [0, 0.1) is 5.82 Å². The number of anilines is 1. The first kappa shape index (κ1) is 14.3. The van der Waals surface area contributed by atoms with Gasteiger partial charge in [0, 0.05) is 10.2 Å². The monoisotopic (exact) mass is 361 g/mol. The van der Waals surface area contributed by atoms with Gasteiger partial charge in [-0.05, 0) is 36.4 Å². The Morgan fingerprint density at radius 3 is 2.37 bits per heavy atom. The molecular weight excluding hydrogens is 356 g/mol. The Hall–Kier alpha value is -1.10. The molecule has 0 spiro atoms. The van der Waals surface area contributed by atoms with E-state index in [1.54, 1.807) is 24.3 Å². The molecule has 0 aliphatic carbocycles. The third-order valence-electron chi connectivity index (χ3n) is 2.36. The molecule has 2 nitrogen and oxygen atoms in total. The zero-order valence-electron chi connectivity index (χ0n) is 9.38. The predicted molar refractivity (Wildman–Crippen MR) is 78.5 cm³/mol. The van der Waals surface area contributed by atoms with Crippen molar-refractivity contribution in [3.8, 4) is 0 Å². The van der Waals surface area contributed by atoms with Gasteiger partial charge < -0.3 is 5.32 Å². The fraction of sp³-hybridized carbons (Fsp3) is 0. The number of amides is 1. The molecule has 0 atom stereocenters. The number of carbonyl (C=O) groups excluding carboxylic acids is 1. The van der Waals surface area contributed by atoms with Gasteiger partial charge in [0.15, 0.2) is 0 Å². The number of nitrogens with one attached hydrogen (secondary N) is 1. The number of carbonyl (C=O) groups is 1. The van der Waals surface area contributed by atoms with Gasteiger partial charge in [-0.25, -0.2) is 4.39 Å². The molecule has 0 aliphatic rings. The minimum atomic E-state index is -0.688. The Kier molecular flexibility index (Phi) is 4.45. The van der Waals surface area contributed by atoms with Crippen molar-refractivity contribution in [2.45, 2.75) is 0 Å². The van der Waals surface area contributed by atoms with Crippen LogP contribution in [0.5, 0.6) is 0 Å². The number of rotatable bonds is 2. The van der Waals surface area contributed by atoms with Gasteiger partial charge in [0.05, 0.1) is 15.6 Å². The fourth-order valence-corrected chi connectivity index (χ4v) is 2.16. The maximum atomic E-state index is 13.3. The van der Waals surface area contributed by atoms with Crippen LogP contribution in [0.3, 0.4) is 0 Å². The smallest absolute Gasteiger partial charge is 0.257 e. The first-order chi connectivity index (χ1) is 8.97. The molecule has 1 amide bonds. The molecule has 0 heterocycles. The molecule has 2 rings (SSSR count). The second-order valence-electron chi connectivity index (χ2n) is 3.71. The largest absolute Gasteiger partial charge is 0.322 e. The Balaban J connectivity index is 2.25. The molecule has 6 heteroatoms. The number of hydrogen-bond acceptors (Lipinski definition) is 1. The van der Waals surface area contributed by atoms with Gasteiger partial charge >= 0.3 is 0 Å². The van der Waals surface area contributed by atoms with Crippen molar-refractivity contribution in [3.63, 3.8) is 0 Å². The quantitative estimate of drug-likeness (QED) is 0.735. The molecule has 2 aromatic carbocycles. The van der Waals surface area contributed by atoms with E-state index in [-0.39, 0.29) is 15.6 Å². The first-order valence-electron chi connectivity index (χ1n) is 5.19. The van der Waals surface area contributed by atoms with Gasteiger partial charge in [-0.15, -0.1) is 0 Å². The maximum Gasteiger partial charge on any atom is 0.257 e. The van der Waals surface area contributed by atoms with E-state index in [1.165, 1.54) is 6.07 Å². The minimum absolute atomic E-state index is 0.0338. The lowest BCUT2D eigenvalue weighted by Crippen LogP contribution is -2.12. The predicted octanol–water partition coefficient (Wildman–Crippen LogP) is 5.15. The van der Waals surface area contributed by atoms with Crippen LogP contribution in [0.15, 0.2) is 40.9 Å². The molecule has 1 N–H and O–H groups in total. The highest BCUT2D eigenvalue weighted by molar-refractivity contribution is 9.10. The van der Waals surface area contributed by atoms with Crippen molar-refractivity contribution < 1.29 is 9.18 Å². The lowest BCUT2D eigenvalue weighted by Gasteiger charge is -2.07. The van der Waals surface area contributed by atoms with Crippen LogP contribution in [0.25, 0.3) is 0 Å². The molecule has 0 aliphatic heterocycles. The van der Waals surface area contributed by atoms with Crippen molar-refractivity contribution in [2.75, 3.05) is 5.32 Å². The van der Waals surface area contributed by atoms with E-state index in [0.29, 0.717) is 5.69 Å². The first-order valence-corrected chi connectivity index (χ1v) is 6.74. The van der Waals surface area contributed by atoms with Crippen molar-refractivity contribution >= 4 is 50.7 Å². The average molecular weight is 363 g/mol. The van der Waals surface area contributed by atoms with Crippen LogP contribution in [0.4, 0.5) is 10.1 Å².